The summed E-state index contributed by atoms with van der Waals surface area (Å²) in [7, 11) is 0. The van der Waals surface area contributed by atoms with Crippen molar-refractivity contribution in [1.82, 2.24) is 10.6 Å². The van der Waals surface area contributed by atoms with Crippen LogP contribution in [0.3, 0.4) is 0 Å². The van der Waals surface area contributed by atoms with E-state index < -0.39 is 0 Å². The summed E-state index contributed by atoms with van der Waals surface area (Å²) in [6, 6.07) is 6.29. The van der Waals surface area contributed by atoms with Gasteiger partial charge in [0.15, 0.2) is 0 Å². The summed E-state index contributed by atoms with van der Waals surface area (Å²) in [6.07, 6.45) is 0. The molecule has 0 spiro atoms. The van der Waals surface area contributed by atoms with Gasteiger partial charge in [-0.05, 0) is 23.8 Å². The zero-order chi connectivity index (χ0) is 9.97. The Morgan fingerprint density at radius 2 is 2.13 bits per heavy atom. The average Bonchev–Trinajstić information content (AvgIpc) is 2.23. The molecule has 0 aliphatic carbocycles. The summed E-state index contributed by atoms with van der Waals surface area (Å²) >= 11 is 9.60. The van der Waals surface area contributed by atoms with E-state index in [-0.39, 0.29) is 12.4 Å². The Labute approximate surface area is 109 Å². The zero-order valence-electron chi connectivity index (χ0n) is 8.09. The van der Waals surface area contributed by atoms with Gasteiger partial charge in [-0.2, -0.15) is 0 Å². The summed E-state index contributed by atoms with van der Waals surface area (Å²) < 4.78 is 1.07. The summed E-state index contributed by atoms with van der Waals surface area (Å²) in [6.45, 7) is 2.96. The summed E-state index contributed by atoms with van der Waals surface area (Å²) in [5.41, 5.74) is 1.16. The maximum atomic E-state index is 6.14. The van der Waals surface area contributed by atoms with Crippen LogP contribution in [-0.2, 0) is 0 Å². The van der Waals surface area contributed by atoms with Gasteiger partial charge >= 0.3 is 0 Å². The number of benzene rings is 1. The molecule has 2 rings (SSSR count). The molecular formula is C10H13BrCl2N2. The lowest BCUT2D eigenvalue weighted by molar-refractivity contribution is 0.430. The first-order valence-corrected chi connectivity index (χ1v) is 5.83. The molecule has 1 aliphatic rings. The van der Waals surface area contributed by atoms with Crippen molar-refractivity contribution in [2.45, 2.75) is 6.04 Å². The van der Waals surface area contributed by atoms with Crippen LogP contribution in [0.4, 0.5) is 0 Å². The summed E-state index contributed by atoms with van der Waals surface area (Å²) in [5.74, 6) is 0. The maximum absolute atomic E-state index is 6.14. The quantitative estimate of drug-likeness (QED) is 0.833. The van der Waals surface area contributed by atoms with E-state index in [1.165, 1.54) is 0 Å². The van der Waals surface area contributed by atoms with E-state index in [0.717, 1.165) is 34.7 Å². The fraction of sp³-hybridized carbons (Fsp3) is 0.400. The van der Waals surface area contributed by atoms with Gasteiger partial charge in [0.1, 0.15) is 0 Å². The molecule has 1 aromatic carbocycles. The van der Waals surface area contributed by atoms with Gasteiger partial charge in [0.05, 0.1) is 0 Å². The highest BCUT2D eigenvalue weighted by Gasteiger charge is 2.16. The van der Waals surface area contributed by atoms with Crippen molar-refractivity contribution < 1.29 is 0 Å². The molecule has 1 saturated heterocycles. The van der Waals surface area contributed by atoms with Crippen LogP contribution >= 0.6 is 39.9 Å². The minimum Gasteiger partial charge on any atom is -0.314 e. The minimum absolute atomic E-state index is 0. The van der Waals surface area contributed by atoms with Crippen molar-refractivity contribution in [2.75, 3.05) is 19.6 Å². The normalized spacial score (nSPS) is 20.8. The van der Waals surface area contributed by atoms with Crippen molar-refractivity contribution in [3.05, 3.63) is 33.3 Å². The Kier molecular flexibility index (Phi) is 5.36. The number of nitrogens with one attached hydrogen (secondary N) is 2. The largest absolute Gasteiger partial charge is 0.314 e. The monoisotopic (exact) mass is 310 g/mol. The van der Waals surface area contributed by atoms with Gasteiger partial charge in [-0.1, -0.05) is 27.5 Å². The van der Waals surface area contributed by atoms with Crippen LogP contribution in [0.1, 0.15) is 11.6 Å². The topological polar surface area (TPSA) is 24.1 Å². The first kappa shape index (κ1) is 13.3. The Morgan fingerprint density at radius 1 is 1.33 bits per heavy atom. The van der Waals surface area contributed by atoms with Crippen molar-refractivity contribution in [3.8, 4) is 0 Å². The predicted molar refractivity (Wildman–Crippen MR) is 70.0 cm³/mol. The fourth-order valence-corrected chi connectivity index (χ4v) is 2.28. The van der Waals surface area contributed by atoms with Crippen molar-refractivity contribution in [2.24, 2.45) is 0 Å². The molecule has 5 heteroatoms. The highest BCUT2D eigenvalue weighted by molar-refractivity contribution is 9.10. The van der Waals surface area contributed by atoms with E-state index in [1.54, 1.807) is 0 Å². The number of rotatable bonds is 1. The Hall–Kier alpha value is 0.200. The van der Waals surface area contributed by atoms with Crippen molar-refractivity contribution >= 4 is 39.9 Å². The molecule has 0 radical (unpaired) electrons. The van der Waals surface area contributed by atoms with Crippen LogP contribution in [0.5, 0.6) is 0 Å². The number of halogens is 3. The highest BCUT2D eigenvalue weighted by Crippen LogP contribution is 2.26. The minimum atomic E-state index is 0. The second-order valence-corrected chi connectivity index (χ2v) is 4.70. The van der Waals surface area contributed by atoms with Crippen LogP contribution < -0.4 is 10.6 Å². The van der Waals surface area contributed by atoms with E-state index in [0.29, 0.717) is 6.04 Å². The summed E-state index contributed by atoms with van der Waals surface area (Å²) in [4.78, 5) is 0. The molecule has 15 heavy (non-hydrogen) atoms. The lowest BCUT2D eigenvalue weighted by Crippen LogP contribution is -2.42. The molecule has 1 aliphatic heterocycles. The molecule has 0 amide bonds. The van der Waals surface area contributed by atoms with E-state index in [2.05, 4.69) is 32.6 Å². The smallest absolute Gasteiger partial charge is 0.0462 e. The van der Waals surface area contributed by atoms with Crippen LogP contribution in [0.15, 0.2) is 22.7 Å². The van der Waals surface area contributed by atoms with Gasteiger partial charge in [0, 0.05) is 35.2 Å². The first-order chi connectivity index (χ1) is 6.77. The van der Waals surface area contributed by atoms with Gasteiger partial charge in [0.25, 0.3) is 0 Å². The van der Waals surface area contributed by atoms with Gasteiger partial charge in [-0.15, -0.1) is 12.4 Å². The molecule has 0 bridgehead atoms. The molecule has 1 heterocycles. The standard InChI is InChI=1S/C10H12BrClN2.ClH/c11-7-1-2-9(12)8(5-7)10-6-13-3-4-14-10;/h1-2,5,10,13-14H,3-4,6H2;1H/t10-;/m0./s1. The molecule has 0 saturated carbocycles. The van der Waals surface area contributed by atoms with Crippen molar-refractivity contribution in [1.29, 1.82) is 0 Å². The van der Waals surface area contributed by atoms with Crippen LogP contribution in [0.25, 0.3) is 0 Å². The van der Waals surface area contributed by atoms with Crippen molar-refractivity contribution in [3.63, 3.8) is 0 Å². The third kappa shape index (κ3) is 3.33. The lowest BCUT2D eigenvalue weighted by atomic mass is 10.1. The van der Waals surface area contributed by atoms with E-state index in [4.69, 9.17) is 11.6 Å². The number of hydrogen-bond donors (Lipinski definition) is 2. The lowest BCUT2D eigenvalue weighted by Gasteiger charge is -2.25. The van der Waals surface area contributed by atoms with Gasteiger partial charge in [-0.3, -0.25) is 0 Å². The molecular weight excluding hydrogens is 299 g/mol. The third-order valence-corrected chi connectivity index (χ3v) is 3.21. The predicted octanol–water partition coefficient (Wildman–Crippen LogP) is 2.76. The number of piperazine rings is 1. The van der Waals surface area contributed by atoms with E-state index >= 15 is 0 Å². The molecule has 2 nitrogen and oxygen atoms in total. The van der Waals surface area contributed by atoms with E-state index in [1.807, 2.05) is 12.1 Å². The van der Waals surface area contributed by atoms with E-state index in [9.17, 15) is 0 Å². The third-order valence-electron chi connectivity index (χ3n) is 2.37. The fourth-order valence-electron chi connectivity index (χ4n) is 1.65. The SMILES string of the molecule is Cl.Clc1ccc(Br)cc1[C@@H]1CNCCN1. The maximum Gasteiger partial charge on any atom is 0.0462 e. The molecule has 1 atom stereocenters. The Balaban J connectivity index is 0.00000112. The van der Waals surface area contributed by atoms with Gasteiger partial charge in [0.2, 0.25) is 0 Å². The molecule has 0 aromatic heterocycles. The molecule has 84 valence electrons. The Morgan fingerprint density at radius 3 is 2.80 bits per heavy atom. The molecule has 1 fully saturated rings. The Bertz CT molecular complexity index is 327. The van der Waals surface area contributed by atoms with Gasteiger partial charge < -0.3 is 10.6 Å². The van der Waals surface area contributed by atoms with Crippen LogP contribution in [0, 0.1) is 0 Å². The van der Waals surface area contributed by atoms with Crippen LogP contribution in [-0.4, -0.2) is 19.6 Å². The second-order valence-electron chi connectivity index (χ2n) is 3.38. The molecule has 0 unspecified atom stereocenters. The first-order valence-electron chi connectivity index (χ1n) is 4.66. The average molecular weight is 312 g/mol. The molecule has 1 aromatic rings. The van der Waals surface area contributed by atoms with Crippen LogP contribution in [0.2, 0.25) is 5.02 Å². The second kappa shape index (κ2) is 6.06. The number of hydrogen-bond acceptors (Lipinski definition) is 2. The molecule has 2 N–H and O–H groups in total. The summed E-state index contributed by atoms with van der Waals surface area (Å²) in [5, 5.41) is 7.61. The zero-order valence-corrected chi connectivity index (χ0v) is 11.3. The van der Waals surface area contributed by atoms with Gasteiger partial charge in [-0.25, -0.2) is 0 Å². The highest BCUT2D eigenvalue weighted by atomic mass is 79.9.